The predicted molar refractivity (Wildman–Crippen MR) is 83.1 cm³/mol. The summed E-state index contributed by atoms with van der Waals surface area (Å²) in [4.78, 5) is 0. The van der Waals surface area contributed by atoms with Crippen LogP contribution < -0.4 is 5.73 Å². The lowest BCUT2D eigenvalue weighted by Gasteiger charge is -2.32. The summed E-state index contributed by atoms with van der Waals surface area (Å²) in [5.41, 5.74) is 7.82. The second-order valence-corrected chi connectivity index (χ2v) is 6.28. The Morgan fingerprint density at radius 2 is 1.79 bits per heavy atom. The third kappa shape index (κ3) is 4.65. The Morgan fingerprint density at radius 3 is 2.42 bits per heavy atom. The molecule has 2 rings (SSSR count). The van der Waals surface area contributed by atoms with Gasteiger partial charge in [-0.3, -0.25) is 0 Å². The molecule has 0 radical (unpaired) electrons. The Hall–Kier alpha value is -0.820. The average molecular weight is 259 g/mol. The molecule has 0 aliphatic heterocycles. The molecular formula is C18H29N. The molecule has 0 heterocycles. The molecule has 1 unspecified atom stereocenters. The molecule has 0 spiro atoms. The van der Waals surface area contributed by atoms with Crippen molar-refractivity contribution in [3.8, 4) is 0 Å². The minimum Gasteiger partial charge on any atom is -0.327 e. The first-order valence-corrected chi connectivity index (χ1v) is 8.09. The van der Waals surface area contributed by atoms with E-state index >= 15 is 0 Å². The number of hydrogen-bond donors (Lipinski definition) is 1. The van der Waals surface area contributed by atoms with Crippen LogP contribution in [0.1, 0.15) is 57.4 Å². The van der Waals surface area contributed by atoms with Gasteiger partial charge in [-0.15, -0.1) is 0 Å². The molecule has 0 saturated heterocycles. The second-order valence-electron chi connectivity index (χ2n) is 6.28. The van der Waals surface area contributed by atoms with Gasteiger partial charge in [-0.05, 0) is 36.7 Å². The lowest BCUT2D eigenvalue weighted by atomic mass is 9.76. The predicted octanol–water partition coefficient (Wildman–Crippen LogP) is 4.55. The SMILES string of the molecule is CCCCC1CCC(C(N)Cc2ccccc2)CC1. The van der Waals surface area contributed by atoms with E-state index in [2.05, 4.69) is 37.3 Å². The van der Waals surface area contributed by atoms with Crippen LogP contribution in [0.3, 0.4) is 0 Å². The highest BCUT2D eigenvalue weighted by Crippen LogP contribution is 2.33. The number of nitrogens with two attached hydrogens (primary N) is 1. The van der Waals surface area contributed by atoms with Crippen LogP contribution in [-0.4, -0.2) is 6.04 Å². The molecule has 0 aromatic heterocycles. The fraction of sp³-hybridized carbons (Fsp3) is 0.667. The van der Waals surface area contributed by atoms with E-state index in [1.54, 1.807) is 0 Å². The standard InChI is InChI=1S/C18H29N/c1-2-3-7-15-10-12-17(13-11-15)18(19)14-16-8-5-4-6-9-16/h4-6,8-9,15,17-18H,2-3,7,10-14,19H2,1H3. The van der Waals surface area contributed by atoms with E-state index in [0.717, 1.165) is 18.3 Å². The maximum atomic E-state index is 6.43. The van der Waals surface area contributed by atoms with E-state index in [0.29, 0.717) is 6.04 Å². The second kappa shape index (κ2) is 7.69. The van der Waals surface area contributed by atoms with Gasteiger partial charge in [0.15, 0.2) is 0 Å². The van der Waals surface area contributed by atoms with E-state index in [9.17, 15) is 0 Å². The number of unbranched alkanes of at least 4 members (excludes halogenated alkanes) is 1. The molecule has 1 aliphatic rings. The zero-order valence-corrected chi connectivity index (χ0v) is 12.4. The molecule has 106 valence electrons. The molecular weight excluding hydrogens is 230 g/mol. The Balaban J connectivity index is 1.74. The van der Waals surface area contributed by atoms with Gasteiger partial charge < -0.3 is 5.73 Å². The number of rotatable bonds is 6. The molecule has 19 heavy (non-hydrogen) atoms. The van der Waals surface area contributed by atoms with Crippen LogP contribution in [0.5, 0.6) is 0 Å². The number of hydrogen-bond acceptors (Lipinski definition) is 1. The molecule has 1 nitrogen and oxygen atoms in total. The van der Waals surface area contributed by atoms with Crippen LogP contribution in [0.4, 0.5) is 0 Å². The molecule has 0 bridgehead atoms. The maximum Gasteiger partial charge on any atom is 0.0108 e. The van der Waals surface area contributed by atoms with Crippen LogP contribution in [0.25, 0.3) is 0 Å². The van der Waals surface area contributed by atoms with Crippen molar-refractivity contribution in [1.29, 1.82) is 0 Å². The first kappa shape index (κ1) is 14.6. The largest absolute Gasteiger partial charge is 0.327 e. The minimum atomic E-state index is 0.356. The Kier molecular flexibility index (Phi) is 5.91. The third-order valence-corrected chi connectivity index (χ3v) is 4.78. The van der Waals surface area contributed by atoms with E-state index in [1.165, 1.54) is 50.5 Å². The van der Waals surface area contributed by atoms with E-state index in [4.69, 9.17) is 5.73 Å². The first-order chi connectivity index (χ1) is 9.29. The maximum absolute atomic E-state index is 6.43. The van der Waals surface area contributed by atoms with Gasteiger partial charge >= 0.3 is 0 Å². The van der Waals surface area contributed by atoms with Gasteiger partial charge in [-0.2, -0.15) is 0 Å². The van der Waals surface area contributed by atoms with Gasteiger partial charge in [0, 0.05) is 6.04 Å². The average Bonchev–Trinajstić information content (AvgIpc) is 2.46. The van der Waals surface area contributed by atoms with E-state index in [-0.39, 0.29) is 0 Å². The fourth-order valence-corrected chi connectivity index (χ4v) is 3.45. The summed E-state index contributed by atoms with van der Waals surface area (Å²) in [5.74, 6) is 1.73. The zero-order valence-electron chi connectivity index (χ0n) is 12.4. The molecule has 1 fully saturated rings. The summed E-state index contributed by atoms with van der Waals surface area (Å²) in [7, 11) is 0. The van der Waals surface area contributed by atoms with Crippen molar-refractivity contribution < 1.29 is 0 Å². The van der Waals surface area contributed by atoms with Crippen LogP contribution in [0.15, 0.2) is 30.3 Å². The Morgan fingerprint density at radius 1 is 1.11 bits per heavy atom. The van der Waals surface area contributed by atoms with Gasteiger partial charge in [0.25, 0.3) is 0 Å². The highest BCUT2D eigenvalue weighted by atomic mass is 14.6. The van der Waals surface area contributed by atoms with Gasteiger partial charge in [0.1, 0.15) is 0 Å². The van der Waals surface area contributed by atoms with Crippen molar-refractivity contribution in [3.05, 3.63) is 35.9 Å². The molecule has 1 aromatic rings. The molecule has 1 heteroatoms. The van der Waals surface area contributed by atoms with Crippen molar-refractivity contribution in [1.82, 2.24) is 0 Å². The topological polar surface area (TPSA) is 26.0 Å². The van der Waals surface area contributed by atoms with Gasteiger partial charge in [-0.1, -0.05) is 69.4 Å². The van der Waals surface area contributed by atoms with Crippen LogP contribution >= 0.6 is 0 Å². The molecule has 1 aromatic carbocycles. The summed E-state index contributed by atoms with van der Waals surface area (Å²) in [6.45, 7) is 2.29. The summed E-state index contributed by atoms with van der Waals surface area (Å²) < 4.78 is 0. The molecule has 0 amide bonds. The van der Waals surface area contributed by atoms with Crippen LogP contribution in [0.2, 0.25) is 0 Å². The van der Waals surface area contributed by atoms with E-state index in [1.807, 2.05) is 0 Å². The summed E-state index contributed by atoms with van der Waals surface area (Å²) in [5, 5.41) is 0. The van der Waals surface area contributed by atoms with Crippen molar-refractivity contribution in [3.63, 3.8) is 0 Å². The minimum absolute atomic E-state index is 0.356. The Labute approximate surface area is 118 Å². The molecule has 1 atom stereocenters. The molecule has 1 saturated carbocycles. The van der Waals surface area contributed by atoms with Crippen molar-refractivity contribution in [2.24, 2.45) is 17.6 Å². The number of benzene rings is 1. The summed E-state index contributed by atoms with van der Waals surface area (Å²) in [6, 6.07) is 11.1. The smallest absolute Gasteiger partial charge is 0.0108 e. The van der Waals surface area contributed by atoms with Gasteiger partial charge in [0.05, 0.1) is 0 Å². The monoisotopic (exact) mass is 259 g/mol. The van der Waals surface area contributed by atoms with Crippen LogP contribution in [-0.2, 0) is 6.42 Å². The van der Waals surface area contributed by atoms with E-state index < -0.39 is 0 Å². The summed E-state index contributed by atoms with van der Waals surface area (Å²) >= 11 is 0. The molecule has 1 aliphatic carbocycles. The molecule has 2 N–H and O–H groups in total. The fourth-order valence-electron chi connectivity index (χ4n) is 3.45. The highest BCUT2D eigenvalue weighted by molar-refractivity contribution is 5.16. The third-order valence-electron chi connectivity index (χ3n) is 4.78. The lowest BCUT2D eigenvalue weighted by Crippen LogP contribution is -2.34. The normalized spacial score (nSPS) is 25.2. The van der Waals surface area contributed by atoms with Gasteiger partial charge in [-0.25, -0.2) is 0 Å². The summed E-state index contributed by atoms with van der Waals surface area (Å²) in [6.07, 6.45) is 10.8. The van der Waals surface area contributed by atoms with Gasteiger partial charge in [0.2, 0.25) is 0 Å². The van der Waals surface area contributed by atoms with Crippen LogP contribution in [0, 0.1) is 11.8 Å². The Bertz CT molecular complexity index is 338. The lowest BCUT2D eigenvalue weighted by molar-refractivity contribution is 0.231. The van der Waals surface area contributed by atoms with Crippen molar-refractivity contribution in [2.75, 3.05) is 0 Å². The van der Waals surface area contributed by atoms with Crippen molar-refractivity contribution >= 4 is 0 Å². The first-order valence-electron chi connectivity index (χ1n) is 8.09. The zero-order chi connectivity index (χ0) is 13.5. The van der Waals surface area contributed by atoms with Crippen molar-refractivity contribution in [2.45, 2.75) is 64.3 Å². The quantitative estimate of drug-likeness (QED) is 0.796. The highest BCUT2D eigenvalue weighted by Gasteiger charge is 2.25.